The number of amides is 2. The van der Waals surface area contributed by atoms with Gasteiger partial charge >= 0.3 is 0 Å². The Kier molecular flexibility index (Phi) is 8.24. The van der Waals surface area contributed by atoms with Crippen molar-refractivity contribution in [3.05, 3.63) is 63.2 Å². The third-order valence-electron chi connectivity index (χ3n) is 3.52. The lowest BCUT2D eigenvalue weighted by Crippen LogP contribution is -2.28. The number of hydrogen-bond donors (Lipinski definition) is 2. The molecule has 0 aliphatic carbocycles. The second-order valence-electron chi connectivity index (χ2n) is 5.51. The first kappa shape index (κ1) is 21.7. The second-order valence-corrected chi connectivity index (χ2v) is 6.93. The summed E-state index contributed by atoms with van der Waals surface area (Å²) in [5.74, 6) is -0.481. The van der Waals surface area contributed by atoms with E-state index in [2.05, 4.69) is 10.6 Å². The molecule has 8 nitrogen and oxygen atoms in total. The van der Waals surface area contributed by atoms with Crippen LogP contribution in [-0.4, -0.2) is 42.8 Å². The summed E-state index contributed by atoms with van der Waals surface area (Å²) in [6, 6.07) is 10.8. The van der Waals surface area contributed by atoms with Gasteiger partial charge < -0.3 is 15.4 Å². The molecule has 0 atom stereocenters. The van der Waals surface area contributed by atoms with Crippen molar-refractivity contribution in [1.29, 1.82) is 0 Å². The molecule has 0 aliphatic heterocycles. The van der Waals surface area contributed by atoms with Crippen LogP contribution in [0, 0.1) is 10.1 Å². The second kappa shape index (κ2) is 10.6. The Balaban J connectivity index is 2.07. The Morgan fingerprint density at radius 1 is 1.25 bits per heavy atom. The van der Waals surface area contributed by atoms with E-state index in [1.54, 1.807) is 31.4 Å². The van der Waals surface area contributed by atoms with Crippen LogP contribution in [0.2, 0.25) is 5.02 Å². The molecule has 28 heavy (non-hydrogen) atoms. The average molecular weight is 424 g/mol. The molecule has 10 heteroatoms. The van der Waals surface area contributed by atoms with Crippen LogP contribution in [0.3, 0.4) is 0 Å². The van der Waals surface area contributed by atoms with Crippen LogP contribution in [0.4, 0.5) is 11.4 Å². The topological polar surface area (TPSA) is 111 Å². The molecule has 148 valence electrons. The minimum absolute atomic E-state index is 0.0153. The van der Waals surface area contributed by atoms with Crippen molar-refractivity contribution in [1.82, 2.24) is 5.32 Å². The number of ether oxygens (including phenoxy) is 1. The van der Waals surface area contributed by atoms with E-state index in [0.717, 1.165) is 0 Å². The highest BCUT2D eigenvalue weighted by Gasteiger charge is 2.16. The SMILES string of the molecule is COCCNC(=O)CSc1ccccc1C(=O)Nc1ccc(Cl)c([N+](=O)[O-])c1. The highest BCUT2D eigenvalue weighted by atomic mass is 35.5. The maximum absolute atomic E-state index is 12.6. The molecule has 2 aromatic carbocycles. The molecule has 0 spiro atoms. The molecular formula is C18H18ClN3O5S. The van der Waals surface area contributed by atoms with Crippen LogP contribution in [-0.2, 0) is 9.53 Å². The number of nitrogens with zero attached hydrogens (tertiary/aromatic N) is 1. The van der Waals surface area contributed by atoms with Gasteiger partial charge in [0.25, 0.3) is 11.6 Å². The van der Waals surface area contributed by atoms with E-state index in [9.17, 15) is 19.7 Å². The fraction of sp³-hybridized carbons (Fsp3) is 0.222. The zero-order valence-electron chi connectivity index (χ0n) is 14.9. The van der Waals surface area contributed by atoms with Crippen molar-refractivity contribution in [3.63, 3.8) is 0 Å². The first-order chi connectivity index (χ1) is 13.4. The Bertz CT molecular complexity index is 878. The minimum Gasteiger partial charge on any atom is -0.383 e. The molecule has 0 heterocycles. The number of methoxy groups -OCH3 is 1. The van der Waals surface area contributed by atoms with Crippen molar-refractivity contribution in [2.45, 2.75) is 4.90 Å². The maximum atomic E-state index is 12.6. The number of thioether (sulfide) groups is 1. The van der Waals surface area contributed by atoms with E-state index in [1.807, 2.05) is 0 Å². The largest absolute Gasteiger partial charge is 0.383 e. The Morgan fingerprint density at radius 3 is 2.71 bits per heavy atom. The normalized spacial score (nSPS) is 10.4. The van der Waals surface area contributed by atoms with E-state index >= 15 is 0 Å². The zero-order chi connectivity index (χ0) is 20.5. The molecular weight excluding hydrogens is 406 g/mol. The highest BCUT2D eigenvalue weighted by Crippen LogP contribution is 2.28. The smallest absolute Gasteiger partial charge is 0.289 e. The summed E-state index contributed by atoms with van der Waals surface area (Å²) in [4.78, 5) is 35.4. The number of carbonyl (C=O) groups is 2. The van der Waals surface area contributed by atoms with E-state index in [-0.39, 0.29) is 28.1 Å². The molecule has 0 aromatic heterocycles. The summed E-state index contributed by atoms with van der Waals surface area (Å²) in [6.45, 7) is 0.829. The number of benzene rings is 2. The molecule has 0 aliphatic rings. The number of hydrogen-bond acceptors (Lipinski definition) is 6. The molecule has 0 saturated carbocycles. The third-order valence-corrected chi connectivity index (χ3v) is 4.91. The van der Waals surface area contributed by atoms with Crippen LogP contribution < -0.4 is 10.6 Å². The van der Waals surface area contributed by atoms with E-state index in [0.29, 0.717) is 23.6 Å². The van der Waals surface area contributed by atoms with Gasteiger partial charge in [0, 0.05) is 30.3 Å². The first-order valence-electron chi connectivity index (χ1n) is 8.15. The molecule has 2 rings (SSSR count). The lowest BCUT2D eigenvalue weighted by Gasteiger charge is -2.10. The van der Waals surface area contributed by atoms with Gasteiger partial charge in [-0.05, 0) is 24.3 Å². The van der Waals surface area contributed by atoms with E-state index in [1.165, 1.54) is 30.0 Å². The summed E-state index contributed by atoms with van der Waals surface area (Å²) in [5.41, 5.74) is 0.308. The standard InChI is InChI=1S/C18H18ClN3O5S/c1-27-9-8-20-17(23)11-28-16-5-3-2-4-13(16)18(24)21-12-6-7-14(19)15(10-12)22(25)26/h2-7,10H,8-9,11H2,1H3,(H,20,23)(H,21,24). The van der Waals surface area contributed by atoms with Crippen molar-refractivity contribution in [2.75, 3.05) is 31.3 Å². The van der Waals surface area contributed by atoms with Gasteiger partial charge in [-0.25, -0.2) is 0 Å². The van der Waals surface area contributed by atoms with Crippen molar-refractivity contribution in [2.24, 2.45) is 0 Å². The molecule has 2 amide bonds. The monoisotopic (exact) mass is 423 g/mol. The summed E-state index contributed by atoms with van der Waals surface area (Å²) in [7, 11) is 1.55. The van der Waals surface area contributed by atoms with Gasteiger partial charge in [-0.15, -0.1) is 11.8 Å². The molecule has 0 bridgehead atoms. The number of carbonyl (C=O) groups excluding carboxylic acids is 2. The van der Waals surface area contributed by atoms with Crippen LogP contribution in [0.1, 0.15) is 10.4 Å². The summed E-state index contributed by atoms with van der Waals surface area (Å²) in [6.07, 6.45) is 0. The van der Waals surface area contributed by atoms with Crippen molar-refractivity contribution in [3.8, 4) is 0 Å². The van der Waals surface area contributed by atoms with Gasteiger partial charge in [0.2, 0.25) is 5.91 Å². The fourth-order valence-corrected chi connectivity index (χ4v) is 3.26. The molecule has 2 aromatic rings. The summed E-state index contributed by atoms with van der Waals surface area (Å²) < 4.78 is 4.87. The predicted molar refractivity (Wildman–Crippen MR) is 108 cm³/mol. The van der Waals surface area contributed by atoms with Crippen molar-refractivity contribution >= 4 is 46.6 Å². The van der Waals surface area contributed by atoms with E-state index < -0.39 is 10.8 Å². The Hall–Kier alpha value is -2.62. The fourth-order valence-electron chi connectivity index (χ4n) is 2.20. The van der Waals surface area contributed by atoms with Crippen molar-refractivity contribution < 1.29 is 19.2 Å². The molecule has 0 fully saturated rings. The Labute approximate surface area is 170 Å². The van der Waals surface area contributed by atoms with Gasteiger partial charge in [-0.3, -0.25) is 19.7 Å². The van der Waals surface area contributed by atoms with Gasteiger partial charge in [-0.1, -0.05) is 23.7 Å². The third kappa shape index (κ3) is 6.22. The van der Waals surface area contributed by atoms with Gasteiger partial charge in [-0.2, -0.15) is 0 Å². The number of nitro groups is 1. The average Bonchev–Trinajstić information content (AvgIpc) is 2.68. The van der Waals surface area contributed by atoms with Crippen LogP contribution in [0.25, 0.3) is 0 Å². The molecule has 0 radical (unpaired) electrons. The van der Waals surface area contributed by atoms with Gasteiger partial charge in [0.1, 0.15) is 5.02 Å². The minimum atomic E-state index is -0.621. The maximum Gasteiger partial charge on any atom is 0.289 e. The Morgan fingerprint density at radius 2 is 2.00 bits per heavy atom. The first-order valence-corrected chi connectivity index (χ1v) is 9.51. The number of rotatable bonds is 9. The van der Waals surface area contributed by atoms with E-state index in [4.69, 9.17) is 16.3 Å². The van der Waals surface area contributed by atoms with Crippen LogP contribution >= 0.6 is 23.4 Å². The number of anilines is 1. The van der Waals surface area contributed by atoms with Crippen LogP contribution in [0.5, 0.6) is 0 Å². The lowest BCUT2D eigenvalue weighted by molar-refractivity contribution is -0.384. The number of nitro benzene ring substituents is 1. The quantitative estimate of drug-likeness (QED) is 0.277. The van der Waals surface area contributed by atoms with Crippen LogP contribution in [0.15, 0.2) is 47.4 Å². The summed E-state index contributed by atoms with van der Waals surface area (Å²) >= 11 is 7.00. The lowest BCUT2D eigenvalue weighted by atomic mass is 10.2. The highest BCUT2D eigenvalue weighted by molar-refractivity contribution is 8.00. The number of halogens is 1. The van der Waals surface area contributed by atoms with Gasteiger partial charge in [0.15, 0.2) is 0 Å². The summed E-state index contributed by atoms with van der Waals surface area (Å²) in [5, 5.41) is 16.3. The number of nitrogens with one attached hydrogen (secondary N) is 2. The molecule has 2 N–H and O–H groups in total. The zero-order valence-corrected chi connectivity index (χ0v) is 16.5. The molecule has 0 saturated heterocycles. The predicted octanol–water partition coefficient (Wildman–Crippen LogP) is 3.36. The van der Waals surface area contributed by atoms with Gasteiger partial charge in [0.05, 0.1) is 22.8 Å². The molecule has 0 unspecified atom stereocenters.